The zero-order valence-corrected chi connectivity index (χ0v) is 10.1. The maximum absolute atomic E-state index is 11.6. The molecule has 18 heavy (non-hydrogen) atoms. The van der Waals surface area contributed by atoms with Gasteiger partial charge in [-0.25, -0.2) is 0 Å². The Kier molecular flexibility index (Phi) is 5.87. The second-order valence-electron chi connectivity index (χ2n) is 4.08. The first-order chi connectivity index (χ1) is 8.59. The minimum absolute atomic E-state index is 0.0498. The Balaban J connectivity index is 2.27. The van der Waals surface area contributed by atoms with Crippen molar-refractivity contribution in [1.82, 2.24) is 5.32 Å². The van der Waals surface area contributed by atoms with Crippen LogP contribution in [0.15, 0.2) is 30.3 Å². The Morgan fingerprint density at radius 3 is 2.56 bits per heavy atom. The van der Waals surface area contributed by atoms with Crippen molar-refractivity contribution in [3.63, 3.8) is 0 Å². The van der Waals surface area contributed by atoms with E-state index in [0.717, 1.165) is 5.56 Å². The van der Waals surface area contributed by atoms with Gasteiger partial charge >= 0.3 is 5.97 Å². The Bertz CT molecular complexity index is 392. The number of carbonyl (C=O) groups excluding carboxylic acids is 1. The fourth-order valence-electron chi connectivity index (χ4n) is 1.54. The molecule has 5 heteroatoms. The summed E-state index contributed by atoms with van der Waals surface area (Å²) in [6.07, 6.45) is 0.943. The van der Waals surface area contributed by atoms with Crippen LogP contribution in [0.3, 0.4) is 0 Å². The monoisotopic (exact) mass is 250 g/mol. The van der Waals surface area contributed by atoms with E-state index in [1.54, 1.807) is 0 Å². The molecule has 0 aromatic heterocycles. The Morgan fingerprint density at radius 2 is 1.94 bits per heavy atom. The van der Waals surface area contributed by atoms with Gasteiger partial charge in [0.2, 0.25) is 5.91 Å². The zero-order chi connectivity index (χ0) is 13.4. The van der Waals surface area contributed by atoms with Crippen LogP contribution in [-0.2, 0) is 16.0 Å². The molecule has 0 radical (unpaired) electrons. The van der Waals surface area contributed by atoms with E-state index in [0.29, 0.717) is 19.4 Å². The number of aliphatic carboxylic acids is 1. The smallest absolute Gasteiger partial charge is 0.303 e. The van der Waals surface area contributed by atoms with Crippen molar-refractivity contribution in [2.45, 2.75) is 25.3 Å². The van der Waals surface area contributed by atoms with Gasteiger partial charge in [0, 0.05) is 13.0 Å². The van der Waals surface area contributed by atoms with Crippen LogP contribution in [0.1, 0.15) is 18.4 Å². The fraction of sp³-hybridized carbons (Fsp3) is 0.385. The van der Waals surface area contributed by atoms with Crippen LogP contribution in [-0.4, -0.2) is 29.6 Å². The molecule has 0 saturated heterocycles. The summed E-state index contributed by atoms with van der Waals surface area (Å²) in [6, 6.07) is 8.92. The van der Waals surface area contributed by atoms with Crippen LogP contribution < -0.4 is 11.1 Å². The molecule has 0 aliphatic carbocycles. The Labute approximate surface area is 106 Å². The van der Waals surface area contributed by atoms with E-state index in [4.69, 9.17) is 10.8 Å². The number of hydrogen-bond donors (Lipinski definition) is 3. The third kappa shape index (κ3) is 5.45. The third-order valence-corrected chi connectivity index (χ3v) is 2.50. The summed E-state index contributed by atoms with van der Waals surface area (Å²) in [7, 11) is 0. The lowest BCUT2D eigenvalue weighted by atomic mass is 10.1. The van der Waals surface area contributed by atoms with E-state index >= 15 is 0 Å². The van der Waals surface area contributed by atoms with Crippen molar-refractivity contribution < 1.29 is 14.7 Å². The molecule has 1 unspecified atom stereocenters. The molecule has 0 aliphatic rings. The normalized spacial score (nSPS) is 11.8. The van der Waals surface area contributed by atoms with Crippen LogP contribution in [0.25, 0.3) is 0 Å². The average Bonchev–Trinajstić information content (AvgIpc) is 2.35. The number of nitrogens with two attached hydrogens (primary N) is 1. The first-order valence-electron chi connectivity index (χ1n) is 5.88. The molecule has 1 atom stereocenters. The highest BCUT2D eigenvalue weighted by atomic mass is 16.4. The number of amides is 1. The van der Waals surface area contributed by atoms with E-state index in [1.807, 2.05) is 30.3 Å². The van der Waals surface area contributed by atoms with Gasteiger partial charge < -0.3 is 16.2 Å². The predicted molar refractivity (Wildman–Crippen MR) is 68.0 cm³/mol. The van der Waals surface area contributed by atoms with Gasteiger partial charge in [0.25, 0.3) is 0 Å². The van der Waals surface area contributed by atoms with E-state index in [1.165, 1.54) is 0 Å². The molecular weight excluding hydrogens is 232 g/mol. The molecule has 98 valence electrons. The summed E-state index contributed by atoms with van der Waals surface area (Å²) in [6.45, 7) is 0.341. The van der Waals surface area contributed by atoms with Crippen LogP contribution in [0.4, 0.5) is 0 Å². The van der Waals surface area contributed by atoms with Crippen molar-refractivity contribution >= 4 is 11.9 Å². The first kappa shape index (κ1) is 14.2. The number of carboxylic acid groups (broad SMARTS) is 1. The van der Waals surface area contributed by atoms with E-state index in [-0.39, 0.29) is 12.3 Å². The summed E-state index contributed by atoms with van der Waals surface area (Å²) in [5.74, 6) is -1.11. The fourth-order valence-corrected chi connectivity index (χ4v) is 1.54. The van der Waals surface area contributed by atoms with Gasteiger partial charge in [0.15, 0.2) is 0 Å². The minimum Gasteiger partial charge on any atom is -0.481 e. The van der Waals surface area contributed by atoms with Crippen LogP contribution in [0, 0.1) is 0 Å². The van der Waals surface area contributed by atoms with Crippen molar-refractivity contribution in [3.05, 3.63) is 35.9 Å². The second-order valence-corrected chi connectivity index (χ2v) is 4.08. The Hall–Kier alpha value is -1.88. The van der Waals surface area contributed by atoms with Gasteiger partial charge in [-0.05, 0) is 18.4 Å². The SMILES string of the molecule is NC(Cc1ccccc1)C(=O)NCCCC(=O)O. The zero-order valence-electron chi connectivity index (χ0n) is 10.1. The molecule has 1 aromatic rings. The lowest BCUT2D eigenvalue weighted by molar-refractivity contribution is -0.137. The summed E-state index contributed by atoms with van der Waals surface area (Å²) < 4.78 is 0. The second kappa shape index (κ2) is 7.45. The highest BCUT2D eigenvalue weighted by molar-refractivity contribution is 5.81. The summed E-state index contributed by atoms with van der Waals surface area (Å²) in [5.41, 5.74) is 6.77. The van der Waals surface area contributed by atoms with Gasteiger partial charge in [-0.1, -0.05) is 30.3 Å². The summed E-state index contributed by atoms with van der Waals surface area (Å²) in [4.78, 5) is 21.9. The maximum atomic E-state index is 11.6. The molecule has 0 saturated carbocycles. The predicted octanol–water partition coefficient (Wildman–Crippen LogP) is 0.537. The van der Waals surface area contributed by atoms with Crippen LogP contribution >= 0.6 is 0 Å². The molecule has 0 spiro atoms. The lowest BCUT2D eigenvalue weighted by Crippen LogP contribution is -2.42. The maximum Gasteiger partial charge on any atom is 0.303 e. The standard InChI is InChI=1S/C13H18N2O3/c14-11(9-10-5-2-1-3-6-10)13(18)15-8-4-7-12(16)17/h1-3,5-6,11H,4,7-9,14H2,(H,15,18)(H,16,17). The molecule has 1 rings (SSSR count). The molecular formula is C13H18N2O3. The molecule has 0 fully saturated rings. The molecule has 5 nitrogen and oxygen atoms in total. The lowest BCUT2D eigenvalue weighted by Gasteiger charge is -2.11. The molecule has 4 N–H and O–H groups in total. The molecule has 1 amide bonds. The number of rotatable bonds is 7. The van der Waals surface area contributed by atoms with Gasteiger partial charge in [-0.15, -0.1) is 0 Å². The summed E-state index contributed by atoms with van der Waals surface area (Å²) >= 11 is 0. The Morgan fingerprint density at radius 1 is 1.28 bits per heavy atom. The molecule has 1 aromatic carbocycles. The number of carbonyl (C=O) groups is 2. The first-order valence-corrected chi connectivity index (χ1v) is 5.88. The number of nitrogens with one attached hydrogen (secondary N) is 1. The van der Waals surface area contributed by atoms with Gasteiger partial charge in [0.05, 0.1) is 6.04 Å². The van der Waals surface area contributed by atoms with Crippen LogP contribution in [0.5, 0.6) is 0 Å². The average molecular weight is 250 g/mol. The molecule has 0 heterocycles. The van der Waals surface area contributed by atoms with E-state index < -0.39 is 12.0 Å². The van der Waals surface area contributed by atoms with E-state index in [9.17, 15) is 9.59 Å². The third-order valence-electron chi connectivity index (χ3n) is 2.50. The number of hydrogen-bond acceptors (Lipinski definition) is 3. The van der Waals surface area contributed by atoms with Gasteiger partial charge in [-0.2, -0.15) is 0 Å². The number of benzene rings is 1. The summed E-state index contributed by atoms with van der Waals surface area (Å²) in [5, 5.41) is 11.1. The van der Waals surface area contributed by atoms with Crippen molar-refractivity contribution in [3.8, 4) is 0 Å². The highest BCUT2D eigenvalue weighted by Gasteiger charge is 2.13. The van der Waals surface area contributed by atoms with Crippen molar-refractivity contribution in [1.29, 1.82) is 0 Å². The van der Waals surface area contributed by atoms with Crippen molar-refractivity contribution in [2.75, 3.05) is 6.54 Å². The minimum atomic E-state index is -0.863. The highest BCUT2D eigenvalue weighted by Crippen LogP contribution is 2.01. The topological polar surface area (TPSA) is 92.4 Å². The van der Waals surface area contributed by atoms with E-state index in [2.05, 4.69) is 5.32 Å². The van der Waals surface area contributed by atoms with Gasteiger partial charge in [-0.3, -0.25) is 9.59 Å². The van der Waals surface area contributed by atoms with Crippen molar-refractivity contribution in [2.24, 2.45) is 5.73 Å². The molecule has 0 aliphatic heterocycles. The number of carboxylic acids is 1. The van der Waals surface area contributed by atoms with Crippen LogP contribution in [0.2, 0.25) is 0 Å². The largest absolute Gasteiger partial charge is 0.481 e. The van der Waals surface area contributed by atoms with Gasteiger partial charge in [0.1, 0.15) is 0 Å². The quantitative estimate of drug-likeness (QED) is 0.616. The molecule has 0 bridgehead atoms.